The Morgan fingerprint density at radius 3 is 2.31 bits per heavy atom. The number of nitrogens with zero attached hydrogens (tertiary/aromatic N) is 1. The van der Waals surface area contributed by atoms with Crippen LogP contribution in [0.25, 0.3) is 0 Å². The topological polar surface area (TPSA) is 36.4 Å². The molecule has 0 heterocycles. The van der Waals surface area contributed by atoms with E-state index in [1.807, 2.05) is 20.8 Å². The molecule has 6 heteroatoms. The molecule has 0 radical (unpaired) electrons. The number of halogens is 3. The van der Waals surface area contributed by atoms with Gasteiger partial charge in [-0.05, 0) is 12.8 Å². The summed E-state index contributed by atoms with van der Waals surface area (Å²) < 4.78 is 35.7. The molecule has 0 aromatic rings. The Labute approximate surface area is 94.5 Å². The first-order valence-electron chi connectivity index (χ1n) is 5.44. The Kier molecular flexibility index (Phi) is 6.92. The molecule has 3 nitrogen and oxygen atoms in total. The molecule has 0 bridgehead atoms. The maximum absolute atomic E-state index is 11.9. The zero-order valence-electron chi connectivity index (χ0n) is 9.99. The van der Waals surface area contributed by atoms with Crippen molar-refractivity contribution >= 4 is 5.96 Å². The van der Waals surface area contributed by atoms with Crippen molar-refractivity contribution in [3.8, 4) is 0 Å². The lowest BCUT2D eigenvalue weighted by Gasteiger charge is -2.12. The summed E-state index contributed by atoms with van der Waals surface area (Å²) in [7, 11) is 0. The standard InChI is InChI=1S/C10H20F3N3/c1-4-14-9(16-7-8(2)3)15-6-5-10(11,12)13/h8H,4-7H2,1-3H3,(H2,14,15,16). The average molecular weight is 239 g/mol. The first-order chi connectivity index (χ1) is 7.35. The van der Waals surface area contributed by atoms with Crippen LogP contribution in [0.4, 0.5) is 13.2 Å². The van der Waals surface area contributed by atoms with Crippen molar-refractivity contribution in [3.63, 3.8) is 0 Å². The molecule has 0 aromatic heterocycles. The monoisotopic (exact) mass is 239 g/mol. The van der Waals surface area contributed by atoms with Gasteiger partial charge in [0, 0.05) is 19.6 Å². The summed E-state index contributed by atoms with van der Waals surface area (Å²) in [5.74, 6) is 0.832. The number of hydrogen-bond donors (Lipinski definition) is 2. The van der Waals surface area contributed by atoms with Gasteiger partial charge in [0.25, 0.3) is 0 Å². The summed E-state index contributed by atoms with van der Waals surface area (Å²) in [6.45, 7) is 6.96. The number of nitrogens with one attached hydrogen (secondary N) is 2. The van der Waals surface area contributed by atoms with Gasteiger partial charge in [0.05, 0.1) is 6.42 Å². The zero-order valence-corrected chi connectivity index (χ0v) is 9.99. The summed E-state index contributed by atoms with van der Waals surface area (Å²) in [5, 5.41) is 5.55. The van der Waals surface area contributed by atoms with E-state index in [0.29, 0.717) is 25.0 Å². The second kappa shape index (κ2) is 7.35. The van der Waals surface area contributed by atoms with Crippen LogP contribution in [-0.2, 0) is 0 Å². The molecule has 96 valence electrons. The highest BCUT2D eigenvalue weighted by molar-refractivity contribution is 5.79. The first kappa shape index (κ1) is 15.1. The average Bonchev–Trinajstić information content (AvgIpc) is 2.12. The number of alkyl halides is 3. The van der Waals surface area contributed by atoms with Gasteiger partial charge < -0.3 is 10.6 Å². The molecule has 0 saturated heterocycles. The van der Waals surface area contributed by atoms with Crippen LogP contribution in [-0.4, -0.2) is 31.8 Å². The Bertz CT molecular complexity index is 212. The third kappa shape index (κ3) is 9.61. The summed E-state index contributed by atoms with van der Waals surface area (Å²) in [5.41, 5.74) is 0. The number of guanidine groups is 1. The highest BCUT2D eigenvalue weighted by Gasteiger charge is 2.26. The van der Waals surface area contributed by atoms with E-state index in [4.69, 9.17) is 0 Å². The fourth-order valence-electron chi connectivity index (χ4n) is 0.938. The fourth-order valence-corrected chi connectivity index (χ4v) is 0.938. The summed E-state index contributed by atoms with van der Waals surface area (Å²) in [4.78, 5) is 4.16. The Morgan fingerprint density at radius 1 is 1.25 bits per heavy atom. The third-order valence-electron chi connectivity index (χ3n) is 1.66. The van der Waals surface area contributed by atoms with Gasteiger partial charge in [-0.2, -0.15) is 13.2 Å². The van der Waals surface area contributed by atoms with Gasteiger partial charge in [0.2, 0.25) is 0 Å². The highest BCUT2D eigenvalue weighted by Crippen LogP contribution is 2.17. The molecule has 0 fully saturated rings. The van der Waals surface area contributed by atoms with Crippen molar-refractivity contribution in [1.29, 1.82) is 0 Å². The molecule has 0 aliphatic heterocycles. The second-order valence-electron chi connectivity index (χ2n) is 3.91. The fraction of sp³-hybridized carbons (Fsp3) is 0.900. The highest BCUT2D eigenvalue weighted by atomic mass is 19.4. The quantitative estimate of drug-likeness (QED) is 0.569. The largest absolute Gasteiger partial charge is 0.390 e. The minimum Gasteiger partial charge on any atom is -0.357 e. The number of hydrogen-bond acceptors (Lipinski definition) is 1. The van der Waals surface area contributed by atoms with Gasteiger partial charge in [-0.1, -0.05) is 13.8 Å². The molecule has 16 heavy (non-hydrogen) atoms. The molecule has 0 spiro atoms. The lowest BCUT2D eigenvalue weighted by atomic mass is 10.2. The van der Waals surface area contributed by atoms with Crippen molar-refractivity contribution in [2.24, 2.45) is 10.9 Å². The summed E-state index contributed by atoms with van der Waals surface area (Å²) in [6.07, 6.45) is -4.97. The Balaban J connectivity index is 3.98. The molecule has 2 N–H and O–H groups in total. The van der Waals surface area contributed by atoms with Gasteiger partial charge in [-0.3, -0.25) is 4.99 Å². The predicted molar refractivity (Wildman–Crippen MR) is 59.5 cm³/mol. The van der Waals surface area contributed by atoms with Crippen LogP contribution in [0.5, 0.6) is 0 Å². The van der Waals surface area contributed by atoms with Gasteiger partial charge in [-0.15, -0.1) is 0 Å². The van der Waals surface area contributed by atoms with Crippen molar-refractivity contribution in [1.82, 2.24) is 10.6 Å². The number of rotatable bonds is 5. The van der Waals surface area contributed by atoms with Crippen LogP contribution < -0.4 is 10.6 Å². The van der Waals surface area contributed by atoms with E-state index < -0.39 is 12.6 Å². The molecule has 0 atom stereocenters. The molecule has 0 amide bonds. The SMILES string of the molecule is CCNC(=NCC(C)C)NCCC(F)(F)F. The van der Waals surface area contributed by atoms with Crippen molar-refractivity contribution in [2.45, 2.75) is 33.4 Å². The number of aliphatic imine (C=N–C) groups is 1. The van der Waals surface area contributed by atoms with Crippen LogP contribution in [0, 0.1) is 5.92 Å². The van der Waals surface area contributed by atoms with E-state index >= 15 is 0 Å². The smallest absolute Gasteiger partial charge is 0.357 e. The van der Waals surface area contributed by atoms with Gasteiger partial charge in [-0.25, -0.2) is 0 Å². The lowest BCUT2D eigenvalue weighted by molar-refractivity contribution is -0.132. The van der Waals surface area contributed by atoms with Crippen LogP contribution in [0.2, 0.25) is 0 Å². The van der Waals surface area contributed by atoms with Crippen LogP contribution >= 0.6 is 0 Å². The molecular formula is C10H20F3N3. The van der Waals surface area contributed by atoms with Gasteiger partial charge >= 0.3 is 6.18 Å². The summed E-state index contributed by atoms with van der Waals surface area (Å²) >= 11 is 0. The first-order valence-corrected chi connectivity index (χ1v) is 5.44. The molecule has 0 aromatic carbocycles. The van der Waals surface area contributed by atoms with E-state index in [9.17, 15) is 13.2 Å². The molecule has 0 saturated carbocycles. The molecule has 0 aliphatic rings. The molecule has 0 aliphatic carbocycles. The Hall–Kier alpha value is -0.940. The van der Waals surface area contributed by atoms with E-state index in [1.165, 1.54) is 0 Å². The molecule has 0 unspecified atom stereocenters. The predicted octanol–water partition coefficient (Wildman–Crippen LogP) is 2.15. The molecule has 0 rings (SSSR count). The van der Waals surface area contributed by atoms with Gasteiger partial charge in [0.15, 0.2) is 5.96 Å². The Morgan fingerprint density at radius 2 is 1.88 bits per heavy atom. The van der Waals surface area contributed by atoms with Crippen LogP contribution in [0.15, 0.2) is 4.99 Å². The second-order valence-corrected chi connectivity index (χ2v) is 3.91. The van der Waals surface area contributed by atoms with E-state index in [1.54, 1.807) is 0 Å². The van der Waals surface area contributed by atoms with Gasteiger partial charge in [0.1, 0.15) is 0 Å². The maximum Gasteiger partial charge on any atom is 0.390 e. The van der Waals surface area contributed by atoms with Crippen molar-refractivity contribution in [2.75, 3.05) is 19.6 Å². The van der Waals surface area contributed by atoms with E-state index in [0.717, 1.165) is 0 Å². The van der Waals surface area contributed by atoms with Crippen LogP contribution in [0.1, 0.15) is 27.2 Å². The maximum atomic E-state index is 11.9. The van der Waals surface area contributed by atoms with E-state index in [2.05, 4.69) is 15.6 Å². The summed E-state index contributed by atoms with van der Waals surface area (Å²) in [6, 6.07) is 0. The molecular weight excluding hydrogens is 219 g/mol. The van der Waals surface area contributed by atoms with Crippen molar-refractivity contribution in [3.05, 3.63) is 0 Å². The minimum atomic E-state index is -4.12. The van der Waals surface area contributed by atoms with Crippen LogP contribution in [0.3, 0.4) is 0 Å². The zero-order chi connectivity index (χ0) is 12.6. The van der Waals surface area contributed by atoms with Crippen molar-refractivity contribution < 1.29 is 13.2 Å². The normalized spacial score (nSPS) is 13.1. The lowest BCUT2D eigenvalue weighted by Crippen LogP contribution is -2.39. The minimum absolute atomic E-state index is 0.145. The van der Waals surface area contributed by atoms with E-state index in [-0.39, 0.29) is 6.54 Å². The third-order valence-corrected chi connectivity index (χ3v) is 1.66.